The summed E-state index contributed by atoms with van der Waals surface area (Å²) in [5, 5.41) is 17.3. The van der Waals surface area contributed by atoms with Gasteiger partial charge in [0.25, 0.3) is 11.8 Å². The Balaban J connectivity index is 1.53. The van der Waals surface area contributed by atoms with Crippen LogP contribution in [0.1, 0.15) is 39.1 Å². The van der Waals surface area contributed by atoms with Gasteiger partial charge in [0.2, 0.25) is 17.8 Å². The van der Waals surface area contributed by atoms with Crippen molar-refractivity contribution < 1.29 is 43.3 Å². The Kier molecular flexibility index (Phi) is 14.7. The lowest BCUT2D eigenvalue weighted by Gasteiger charge is -2.41. The van der Waals surface area contributed by atoms with Gasteiger partial charge in [-0.25, -0.2) is 14.8 Å². The molecule has 0 aromatic heterocycles. The van der Waals surface area contributed by atoms with Crippen molar-refractivity contribution in [2.45, 2.75) is 31.3 Å². The summed E-state index contributed by atoms with van der Waals surface area (Å²) >= 11 is 0. The minimum Gasteiger partial charge on any atom is -0.497 e. The summed E-state index contributed by atoms with van der Waals surface area (Å²) in [7, 11) is 2.69. The maximum atomic E-state index is 14.4. The van der Waals surface area contributed by atoms with Gasteiger partial charge in [0, 0.05) is 37.2 Å². The van der Waals surface area contributed by atoms with Crippen LogP contribution in [0.2, 0.25) is 0 Å². The Hall–Kier alpha value is -7.18. The van der Waals surface area contributed by atoms with Crippen LogP contribution in [0, 0.1) is 0 Å². The van der Waals surface area contributed by atoms with Crippen LogP contribution >= 0.6 is 0 Å². The predicted molar refractivity (Wildman–Crippen MR) is 204 cm³/mol. The molecule has 0 bridgehead atoms. The summed E-state index contributed by atoms with van der Waals surface area (Å²) in [5.41, 5.74) is 18.5. The highest BCUT2D eigenvalue weighted by atomic mass is 16.5. The van der Waals surface area contributed by atoms with Crippen molar-refractivity contribution in [1.29, 1.82) is 0 Å². The minimum absolute atomic E-state index is 0.000258. The quantitative estimate of drug-likeness (QED) is 0.0635. The second-order valence-electron chi connectivity index (χ2n) is 12.4. The van der Waals surface area contributed by atoms with Gasteiger partial charge >= 0.3 is 12.1 Å². The van der Waals surface area contributed by atoms with Crippen molar-refractivity contribution in [3.63, 3.8) is 0 Å². The van der Waals surface area contributed by atoms with Crippen LogP contribution in [0.3, 0.4) is 0 Å². The number of alkyl carbamates (subject to hydrolysis) is 1. The van der Waals surface area contributed by atoms with Gasteiger partial charge < -0.3 is 52.2 Å². The molecular weight excluding hydrogens is 728 g/mol. The summed E-state index contributed by atoms with van der Waals surface area (Å²) in [6.45, 7) is -0.463. The van der Waals surface area contributed by atoms with Crippen LogP contribution < -0.4 is 37.9 Å². The number of carbonyl (C=O) groups is 6. The number of methoxy groups -OCH3 is 2. The van der Waals surface area contributed by atoms with Crippen LogP contribution in [0.15, 0.2) is 82.8 Å². The van der Waals surface area contributed by atoms with Crippen molar-refractivity contribution in [1.82, 2.24) is 25.8 Å². The molecule has 2 atom stereocenters. The number of aliphatic carboxylic acids is 1. The third-order valence-corrected chi connectivity index (χ3v) is 8.52. The molecule has 0 radical (unpaired) electrons. The fourth-order valence-corrected chi connectivity index (χ4v) is 5.79. The maximum absolute atomic E-state index is 14.4. The van der Waals surface area contributed by atoms with Crippen LogP contribution in [0.5, 0.6) is 5.75 Å². The number of benzene rings is 3. The zero-order chi connectivity index (χ0) is 40.8. The highest BCUT2D eigenvalue weighted by molar-refractivity contribution is 5.99. The monoisotopic (exact) mass is 772 g/mol. The number of guanidine groups is 2. The number of ether oxygens (including phenoxy) is 2. The molecule has 3 aromatic rings. The van der Waals surface area contributed by atoms with Crippen molar-refractivity contribution in [2.24, 2.45) is 27.2 Å². The number of nitrogens with zero attached hydrogens (tertiary/aromatic N) is 4. The van der Waals surface area contributed by atoms with Crippen LogP contribution in [0.4, 0.5) is 16.2 Å². The highest BCUT2D eigenvalue weighted by Crippen LogP contribution is 2.21. The van der Waals surface area contributed by atoms with Crippen LogP contribution in [-0.2, 0) is 25.5 Å². The number of nitrogens with two attached hydrogens (primary N) is 3. The summed E-state index contributed by atoms with van der Waals surface area (Å²) in [5.74, 6) is -3.10. The van der Waals surface area contributed by atoms with Gasteiger partial charge in [-0.3, -0.25) is 29.3 Å². The molecule has 3 aromatic carbocycles. The number of carbonyl (C=O) groups excluding carboxylic acids is 5. The summed E-state index contributed by atoms with van der Waals surface area (Å²) in [4.78, 5) is 88.0. The van der Waals surface area contributed by atoms with E-state index in [-0.39, 0.29) is 62.3 Å². The molecule has 0 saturated carbocycles. The lowest BCUT2D eigenvalue weighted by molar-refractivity contribution is -0.156. The Morgan fingerprint density at radius 2 is 1.46 bits per heavy atom. The molecule has 10 N–H and O–H groups in total. The van der Waals surface area contributed by atoms with Gasteiger partial charge in [-0.15, -0.1) is 0 Å². The van der Waals surface area contributed by atoms with E-state index in [1.54, 1.807) is 48.5 Å². The number of nitrogens with one attached hydrogen (secondary N) is 3. The summed E-state index contributed by atoms with van der Waals surface area (Å²) < 4.78 is 9.74. The van der Waals surface area contributed by atoms with Crippen LogP contribution in [0.25, 0.3) is 0 Å². The van der Waals surface area contributed by atoms with E-state index in [2.05, 4.69) is 30.7 Å². The van der Waals surface area contributed by atoms with Crippen molar-refractivity contribution in [3.05, 3.63) is 89.5 Å². The van der Waals surface area contributed by atoms with E-state index in [1.165, 1.54) is 48.3 Å². The van der Waals surface area contributed by atoms with E-state index in [1.807, 2.05) is 0 Å². The molecule has 1 saturated heterocycles. The molecule has 1 aliphatic rings. The van der Waals surface area contributed by atoms with Gasteiger partial charge in [-0.1, -0.05) is 12.1 Å². The molecule has 0 aliphatic carbocycles. The van der Waals surface area contributed by atoms with E-state index >= 15 is 0 Å². The van der Waals surface area contributed by atoms with Gasteiger partial charge in [0.15, 0.2) is 5.96 Å². The first-order valence-corrected chi connectivity index (χ1v) is 17.3. The Morgan fingerprint density at radius 3 is 2.04 bits per heavy atom. The summed E-state index contributed by atoms with van der Waals surface area (Å²) in [6.07, 6.45) is -0.425. The highest BCUT2D eigenvalue weighted by Gasteiger charge is 2.40. The first-order valence-electron chi connectivity index (χ1n) is 17.3. The molecule has 19 nitrogen and oxygen atoms in total. The molecule has 1 fully saturated rings. The number of piperazine rings is 1. The molecule has 19 heteroatoms. The molecular formula is C37H44N10O9. The molecule has 56 heavy (non-hydrogen) atoms. The van der Waals surface area contributed by atoms with Crippen molar-refractivity contribution in [2.75, 3.05) is 40.4 Å². The van der Waals surface area contributed by atoms with Gasteiger partial charge in [-0.2, -0.15) is 0 Å². The smallest absolute Gasteiger partial charge is 0.413 e. The zero-order valence-corrected chi connectivity index (χ0v) is 30.8. The molecule has 0 spiro atoms. The van der Waals surface area contributed by atoms with Crippen molar-refractivity contribution >= 4 is 59.0 Å². The standard InChI is InChI=1S/C37H44N10O9/c1-55-27-15-5-22(6-16-27)20-28(44-32(51)24-9-13-26(14-10-24)43-36(40)45-37(54)56-2)33(52)47-19-18-46(21-30(48)49)34(53)29(47)4-3-17-41-31(50)23-7-11-25(12-8-23)42-35(38)39/h5-16,28-29H,3-4,17-21H2,1-2H3,(H,41,50)(H,44,51)(H,48,49)(H4,38,39,42)(H3,40,43,45,54). The van der Waals surface area contributed by atoms with Gasteiger partial charge in [0.05, 0.1) is 25.6 Å². The molecule has 296 valence electrons. The third-order valence-electron chi connectivity index (χ3n) is 8.52. The Morgan fingerprint density at radius 1 is 0.857 bits per heavy atom. The van der Waals surface area contributed by atoms with E-state index in [9.17, 15) is 33.9 Å². The Labute approximate surface area is 321 Å². The second kappa shape index (κ2) is 19.8. The normalized spacial score (nSPS) is 14.6. The molecule has 5 amide bonds. The topological polar surface area (TPSA) is 286 Å². The molecule has 1 heterocycles. The maximum Gasteiger partial charge on any atom is 0.413 e. The number of carboxylic acid groups (broad SMARTS) is 1. The van der Waals surface area contributed by atoms with Crippen LogP contribution in [-0.4, -0.2) is 115 Å². The number of aliphatic imine (C=N–C) groups is 2. The van der Waals surface area contributed by atoms with Gasteiger partial charge in [0.1, 0.15) is 24.4 Å². The Bertz CT molecular complexity index is 1950. The fraction of sp³-hybridized carbons (Fsp3) is 0.297. The van der Waals surface area contributed by atoms with E-state index in [0.29, 0.717) is 28.3 Å². The number of hydrogen-bond donors (Lipinski definition) is 7. The zero-order valence-electron chi connectivity index (χ0n) is 30.8. The lowest BCUT2D eigenvalue weighted by atomic mass is 9.99. The molecule has 4 rings (SSSR count). The number of amides is 5. The first-order chi connectivity index (χ1) is 26.8. The number of hydrogen-bond acceptors (Lipinski definition) is 10. The molecule has 1 aliphatic heterocycles. The fourth-order valence-electron chi connectivity index (χ4n) is 5.79. The number of carboxylic acids is 1. The SMILES string of the molecule is COC(=O)NC(N)=Nc1ccc(C(=O)NC(Cc2ccc(OC)cc2)C(=O)N2CCN(CC(=O)O)C(=O)C2CCCNC(=O)c2ccc(N=C(N)N)cc2)cc1. The average molecular weight is 773 g/mol. The van der Waals surface area contributed by atoms with Crippen molar-refractivity contribution in [3.8, 4) is 5.75 Å². The molecule has 2 unspecified atom stereocenters. The van der Waals surface area contributed by atoms with E-state index in [0.717, 1.165) is 0 Å². The van der Waals surface area contributed by atoms with Gasteiger partial charge in [-0.05, 0) is 79.1 Å². The summed E-state index contributed by atoms with van der Waals surface area (Å²) in [6, 6.07) is 16.8. The third kappa shape index (κ3) is 11.9. The van der Waals surface area contributed by atoms with E-state index < -0.39 is 48.4 Å². The average Bonchev–Trinajstić information content (AvgIpc) is 3.17. The predicted octanol–water partition coefficient (Wildman–Crippen LogP) is 0.578. The lowest BCUT2D eigenvalue weighted by Crippen LogP contribution is -2.63. The number of rotatable bonds is 15. The first kappa shape index (κ1) is 41.6. The van der Waals surface area contributed by atoms with E-state index in [4.69, 9.17) is 21.9 Å². The largest absolute Gasteiger partial charge is 0.497 e. The second-order valence-corrected chi connectivity index (χ2v) is 12.4. The minimum atomic E-state index is -1.21.